The fourth-order valence-corrected chi connectivity index (χ4v) is 1.52. The van der Waals surface area contributed by atoms with E-state index in [2.05, 4.69) is 10.2 Å². The Labute approximate surface area is 91.3 Å². The Kier molecular flexibility index (Phi) is 3.58. The number of nitrogens with one attached hydrogen (secondary N) is 1. The van der Waals surface area contributed by atoms with E-state index in [0.717, 1.165) is 0 Å². The van der Waals surface area contributed by atoms with E-state index in [1.54, 1.807) is 13.8 Å². The number of alkyl halides is 3. The van der Waals surface area contributed by atoms with Gasteiger partial charge in [-0.3, -0.25) is 5.10 Å². The largest absolute Gasteiger partial charge is 0.435 e. The van der Waals surface area contributed by atoms with Crippen molar-refractivity contribution in [2.24, 2.45) is 0 Å². The number of aromatic amines is 1. The van der Waals surface area contributed by atoms with E-state index in [0.29, 0.717) is 5.69 Å². The second-order valence-electron chi connectivity index (χ2n) is 3.78. The van der Waals surface area contributed by atoms with Crippen LogP contribution in [-0.4, -0.2) is 10.2 Å². The van der Waals surface area contributed by atoms with Crippen molar-refractivity contribution in [2.45, 2.75) is 38.8 Å². The third-order valence-electron chi connectivity index (χ3n) is 2.23. The molecule has 0 aliphatic carbocycles. The summed E-state index contributed by atoms with van der Waals surface area (Å²) in [6.07, 6.45) is -4.33. The van der Waals surface area contributed by atoms with Crippen LogP contribution in [0.15, 0.2) is 0 Å². The second kappa shape index (κ2) is 4.56. The van der Waals surface area contributed by atoms with E-state index >= 15 is 0 Å². The van der Waals surface area contributed by atoms with E-state index in [1.807, 2.05) is 6.07 Å². The van der Waals surface area contributed by atoms with Gasteiger partial charge >= 0.3 is 6.18 Å². The lowest BCUT2D eigenvalue weighted by molar-refractivity contribution is -0.141. The second-order valence-corrected chi connectivity index (χ2v) is 3.78. The summed E-state index contributed by atoms with van der Waals surface area (Å²) in [5.74, 6) is -0.0720. The first-order valence-corrected chi connectivity index (χ1v) is 4.89. The first-order valence-electron chi connectivity index (χ1n) is 4.89. The maximum Gasteiger partial charge on any atom is 0.435 e. The van der Waals surface area contributed by atoms with Crippen LogP contribution in [0.4, 0.5) is 13.2 Å². The summed E-state index contributed by atoms with van der Waals surface area (Å²) in [6.45, 7) is 3.56. The lowest BCUT2D eigenvalue weighted by Crippen LogP contribution is -2.09. The van der Waals surface area contributed by atoms with Crippen molar-refractivity contribution < 1.29 is 13.2 Å². The molecule has 0 aliphatic heterocycles. The van der Waals surface area contributed by atoms with E-state index in [1.165, 1.54) is 0 Å². The summed E-state index contributed by atoms with van der Waals surface area (Å²) in [6, 6.07) is 1.84. The van der Waals surface area contributed by atoms with Crippen molar-refractivity contribution in [3.05, 3.63) is 17.0 Å². The number of hydrogen-bond donors (Lipinski definition) is 1. The van der Waals surface area contributed by atoms with Gasteiger partial charge in [0.05, 0.1) is 6.07 Å². The molecule has 1 heterocycles. The Bertz CT molecular complexity index is 398. The first-order chi connectivity index (χ1) is 7.38. The highest BCUT2D eigenvalue weighted by atomic mass is 19.4. The molecule has 1 N–H and O–H groups in total. The minimum atomic E-state index is -4.46. The summed E-state index contributed by atoms with van der Waals surface area (Å²) >= 11 is 0. The van der Waals surface area contributed by atoms with Crippen molar-refractivity contribution in [3.8, 4) is 6.07 Å². The normalized spacial score (nSPS) is 11.8. The zero-order valence-corrected chi connectivity index (χ0v) is 9.02. The third kappa shape index (κ3) is 2.54. The summed E-state index contributed by atoms with van der Waals surface area (Å²) < 4.78 is 37.8. The molecule has 0 amide bonds. The van der Waals surface area contributed by atoms with Gasteiger partial charge in [-0.25, -0.2) is 0 Å². The van der Waals surface area contributed by atoms with Crippen LogP contribution in [0, 0.1) is 11.3 Å². The Morgan fingerprint density at radius 2 is 2.06 bits per heavy atom. The molecule has 3 nitrogen and oxygen atoms in total. The molecule has 0 bridgehead atoms. The van der Waals surface area contributed by atoms with Gasteiger partial charge in [-0.15, -0.1) is 0 Å². The Morgan fingerprint density at radius 3 is 2.50 bits per heavy atom. The van der Waals surface area contributed by atoms with Crippen molar-refractivity contribution in [2.75, 3.05) is 0 Å². The summed E-state index contributed by atoms with van der Waals surface area (Å²) in [4.78, 5) is 0. The number of nitrogens with zero attached hydrogens (tertiary/aromatic N) is 2. The van der Waals surface area contributed by atoms with Gasteiger partial charge in [0.25, 0.3) is 0 Å². The number of nitriles is 1. The molecule has 6 heteroatoms. The van der Waals surface area contributed by atoms with Gasteiger partial charge < -0.3 is 0 Å². The standard InChI is InChI=1S/C10H12F3N3/c1-6(2)8-7(4-3-5-14)9(16-15-8)10(11,12)13/h6H,3-4H2,1-2H3,(H,15,16). The molecular weight excluding hydrogens is 219 g/mol. The van der Waals surface area contributed by atoms with Crippen LogP contribution in [0.2, 0.25) is 0 Å². The molecule has 88 valence electrons. The molecule has 0 fully saturated rings. The van der Waals surface area contributed by atoms with Crippen LogP contribution in [0.25, 0.3) is 0 Å². The van der Waals surface area contributed by atoms with Crippen LogP contribution in [0.5, 0.6) is 0 Å². The fourth-order valence-electron chi connectivity index (χ4n) is 1.52. The van der Waals surface area contributed by atoms with Crippen molar-refractivity contribution in [3.63, 3.8) is 0 Å². The van der Waals surface area contributed by atoms with E-state index in [4.69, 9.17) is 5.26 Å². The zero-order valence-electron chi connectivity index (χ0n) is 9.02. The van der Waals surface area contributed by atoms with Crippen LogP contribution in [-0.2, 0) is 12.6 Å². The van der Waals surface area contributed by atoms with Gasteiger partial charge in [0.2, 0.25) is 0 Å². The van der Waals surface area contributed by atoms with Gasteiger partial charge in [-0.2, -0.15) is 23.5 Å². The highest BCUT2D eigenvalue weighted by Gasteiger charge is 2.37. The Balaban J connectivity index is 3.15. The highest BCUT2D eigenvalue weighted by Crippen LogP contribution is 2.34. The predicted octanol–water partition coefficient (Wildman–Crippen LogP) is 3.01. The van der Waals surface area contributed by atoms with Gasteiger partial charge in [-0.1, -0.05) is 13.8 Å². The summed E-state index contributed by atoms with van der Waals surface area (Å²) in [5.41, 5.74) is -0.321. The fraction of sp³-hybridized carbons (Fsp3) is 0.600. The van der Waals surface area contributed by atoms with Gasteiger partial charge in [-0.05, 0) is 12.3 Å². The van der Waals surface area contributed by atoms with Crippen LogP contribution < -0.4 is 0 Å². The molecule has 1 aromatic rings. The molecule has 16 heavy (non-hydrogen) atoms. The van der Waals surface area contributed by atoms with Crippen molar-refractivity contribution in [1.82, 2.24) is 10.2 Å². The molecule has 0 saturated carbocycles. The van der Waals surface area contributed by atoms with E-state index in [-0.39, 0.29) is 24.3 Å². The average molecular weight is 231 g/mol. The molecule has 1 aromatic heterocycles. The number of H-pyrrole nitrogens is 1. The predicted molar refractivity (Wildman–Crippen MR) is 51.6 cm³/mol. The number of aromatic nitrogens is 2. The van der Waals surface area contributed by atoms with Crippen molar-refractivity contribution in [1.29, 1.82) is 5.26 Å². The quantitative estimate of drug-likeness (QED) is 0.869. The number of hydrogen-bond acceptors (Lipinski definition) is 2. The number of rotatable bonds is 3. The van der Waals surface area contributed by atoms with Crippen LogP contribution in [0.1, 0.15) is 43.1 Å². The topological polar surface area (TPSA) is 52.5 Å². The lowest BCUT2D eigenvalue weighted by atomic mass is 10.00. The summed E-state index contributed by atoms with van der Waals surface area (Å²) in [7, 11) is 0. The lowest BCUT2D eigenvalue weighted by Gasteiger charge is -2.08. The molecule has 0 aromatic carbocycles. The summed E-state index contributed by atoms with van der Waals surface area (Å²) in [5, 5.41) is 14.1. The molecule has 1 rings (SSSR count). The van der Waals surface area contributed by atoms with E-state index in [9.17, 15) is 13.2 Å². The third-order valence-corrected chi connectivity index (χ3v) is 2.23. The molecule has 0 spiro atoms. The van der Waals surface area contributed by atoms with Crippen LogP contribution in [0.3, 0.4) is 0 Å². The molecule has 0 unspecified atom stereocenters. The highest BCUT2D eigenvalue weighted by molar-refractivity contribution is 5.30. The molecule has 0 atom stereocenters. The Morgan fingerprint density at radius 1 is 1.44 bits per heavy atom. The van der Waals surface area contributed by atoms with Gasteiger partial charge in [0.1, 0.15) is 0 Å². The average Bonchev–Trinajstić information content (AvgIpc) is 2.57. The molecule has 0 radical (unpaired) electrons. The monoisotopic (exact) mass is 231 g/mol. The SMILES string of the molecule is CC(C)c1[nH]nc(C(F)(F)F)c1CCC#N. The molecule has 0 aliphatic rings. The minimum Gasteiger partial charge on any atom is -0.281 e. The van der Waals surface area contributed by atoms with Crippen molar-refractivity contribution >= 4 is 0 Å². The minimum absolute atomic E-state index is 0.0579. The molecular formula is C10H12F3N3. The smallest absolute Gasteiger partial charge is 0.281 e. The van der Waals surface area contributed by atoms with Gasteiger partial charge in [0.15, 0.2) is 5.69 Å². The van der Waals surface area contributed by atoms with Gasteiger partial charge in [0, 0.05) is 17.7 Å². The maximum atomic E-state index is 12.6. The van der Waals surface area contributed by atoms with E-state index < -0.39 is 11.9 Å². The first kappa shape index (κ1) is 12.6. The number of halogens is 3. The molecule has 0 saturated heterocycles. The Hall–Kier alpha value is -1.51. The maximum absolute atomic E-state index is 12.6. The van der Waals surface area contributed by atoms with Crippen LogP contribution >= 0.6 is 0 Å². The zero-order chi connectivity index (χ0) is 12.3.